The monoisotopic (exact) mass is 417 g/mol. The molecule has 2 heterocycles. The molecule has 0 bridgehead atoms. The van der Waals surface area contributed by atoms with Gasteiger partial charge >= 0.3 is 0 Å². The van der Waals surface area contributed by atoms with Crippen LogP contribution < -0.4 is 15.6 Å². The molecule has 31 heavy (non-hydrogen) atoms. The molecule has 0 saturated carbocycles. The maximum absolute atomic E-state index is 12.5. The van der Waals surface area contributed by atoms with Crippen LogP contribution in [0.4, 0.5) is 5.69 Å². The van der Waals surface area contributed by atoms with Crippen molar-refractivity contribution in [2.75, 3.05) is 5.32 Å². The van der Waals surface area contributed by atoms with Gasteiger partial charge in [0.15, 0.2) is 0 Å². The van der Waals surface area contributed by atoms with Crippen molar-refractivity contribution in [1.82, 2.24) is 19.2 Å². The molecule has 158 valence electrons. The molecule has 0 saturated heterocycles. The number of hydrogen-bond acceptors (Lipinski definition) is 5. The second-order valence-corrected chi connectivity index (χ2v) is 7.56. The first-order chi connectivity index (χ1) is 14.9. The number of aryl methyl sites for hydroxylation is 1. The van der Waals surface area contributed by atoms with E-state index in [2.05, 4.69) is 15.3 Å². The molecular weight excluding hydrogens is 394 g/mol. The second kappa shape index (κ2) is 8.43. The zero-order chi connectivity index (χ0) is 22.0. The molecule has 1 amide bonds. The predicted octanol–water partition coefficient (Wildman–Crippen LogP) is 3.61. The van der Waals surface area contributed by atoms with E-state index in [1.807, 2.05) is 39.0 Å². The smallest absolute Gasteiger partial charge is 0.274 e. The van der Waals surface area contributed by atoms with Gasteiger partial charge in [-0.25, -0.2) is 4.98 Å². The highest BCUT2D eigenvalue weighted by Crippen LogP contribution is 2.19. The molecule has 2 aromatic carbocycles. The lowest BCUT2D eigenvalue weighted by atomic mass is 10.1. The Hall–Kier alpha value is -3.94. The van der Waals surface area contributed by atoms with Crippen molar-refractivity contribution < 1.29 is 9.53 Å². The molecule has 0 fully saturated rings. The molecular formula is C23H23N5O3. The van der Waals surface area contributed by atoms with Crippen molar-refractivity contribution in [3.8, 4) is 5.75 Å². The Kier molecular flexibility index (Phi) is 5.53. The Morgan fingerprint density at radius 3 is 2.71 bits per heavy atom. The minimum atomic E-state index is -0.214. The quantitative estimate of drug-likeness (QED) is 0.518. The number of amides is 1. The fourth-order valence-electron chi connectivity index (χ4n) is 3.22. The van der Waals surface area contributed by atoms with E-state index in [9.17, 15) is 9.59 Å². The van der Waals surface area contributed by atoms with Crippen LogP contribution in [-0.4, -0.2) is 25.1 Å². The second-order valence-electron chi connectivity index (χ2n) is 7.56. The number of aromatic nitrogens is 4. The summed E-state index contributed by atoms with van der Waals surface area (Å²) in [6.45, 7) is 5.98. The van der Waals surface area contributed by atoms with Gasteiger partial charge < -0.3 is 10.1 Å². The first-order valence-electron chi connectivity index (χ1n) is 9.97. The van der Waals surface area contributed by atoms with Crippen LogP contribution in [0.25, 0.3) is 5.78 Å². The fourth-order valence-corrected chi connectivity index (χ4v) is 3.22. The van der Waals surface area contributed by atoms with Gasteiger partial charge in [-0.15, -0.1) is 0 Å². The number of nitrogens with one attached hydrogen (secondary N) is 1. The summed E-state index contributed by atoms with van der Waals surface area (Å²) in [6, 6.07) is 16.0. The van der Waals surface area contributed by atoms with Gasteiger partial charge in [0.1, 0.15) is 18.7 Å². The standard InChI is InChI=1S/C23H23N5O3/c1-15(2)27-14-24-23-26-19(12-21(29)28(23)27)13-31-20-9-5-8-18(11-20)25-22(30)17-7-4-6-16(3)10-17/h4-12,14-15H,13H2,1-3H3,(H,25,30). The lowest BCUT2D eigenvalue weighted by Gasteiger charge is -2.10. The lowest BCUT2D eigenvalue weighted by Crippen LogP contribution is -2.23. The summed E-state index contributed by atoms with van der Waals surface area (Å²) in [7, 11) is 0. The van der Waals surface area contributed by atoms with Gasteiger partial charge in [0, 0.05) is 29.4 Å². The van der Waals surface area contributed by atoms with Crippen LogP contribution in [0.3, 0.4) is 0 Å². The highest BCUT2D eigenvalue weighted by molar-refractivity contribution is 6.04. The molecule has 0 aliphatic carbocycles. The summed E-state index contributed by atoms with van der Waals surface area (Å²) in [4.78, 5) is 33.6. The number of rotatable bonds is 6. The van der Waals surface area contributed by atoms with Crippen molar-refractivity contribution in [2.45, 2.75) is 33.4 Å². The Balaban J connectivity index is 1.47. The van der Waals surface area contributed by atoms with Gasteiger partial charge in [-0.1, -0.05) is 23.8 Å². The van der Waals surface area contributed by atoms with Gasteiger partial charge in [0.2, 0.25) is 0 Å². The van der Waals surface area contributed by atoms with Crippen molar-refractivity contribution >= 4 is 17.4 Å². The summed E-state index contributed by atoms with van der Waals surface area (Å²) in [6.07, 6.45) is 1.60. The van der Waals surface area contributed by atoms with Crippen molar-refractivity contribution in [3.63, 3.8) is 0 Å². The topological polar surface area (TPSA) is 90.5 Å². The van der Waals surface area contributed by atoms with E-state index < -0.39 is 0 Å². The molecule has 0 aliphatic rings. The maximum atomic E-state index is 12.5. The van der Waals surface area contributed by atoms with Gasteiger partial charge in [0.25, 0.3) is 17.2 Å². The first-order valence-corrected chi connectivity index (χ1v) is 9.97. The van der Waals surface area contributed by atoms with Crippen LogP contribution in [0.15, 0.2) is 65.7 Å². The van der Waals surface area contributed by atoms with E-state index in [-0.39, 0.29) is 24.1 Å². The summed E-state index contributed by atoms with van der Waals surface area (Å²) in [5.41, 5.74) is 2.49. The number of nitrogens with zero attached hydrogens (tertiary/aromatic N) is 4. The number of carbonyl (C=O) groups excluding carboxylic acids is 1. The van der Waals surface area contributed by atoms with Crippen LogP contribution in [-0.2, 0) is 6.61 Å². The van der Waals surface area contributed by atoms with Crippen LogP contribution in [0.2, 0.25) is 0 Å². The van der Waals surface area contributed by atoms with Gasteiger partial charge in [-0.3, -0.25) is 14.3 Å². The molecule has 0 radical (unpaired) electrons. The number of fused-ring (bicyclic) bond motifs is 1. The molecule has 0 atom stereocenters. The lowest BCUT2D eigenvalue weighted by molar-refractivity contribution is 0.102. The molecule has 8 heteroatoms. The summed E-state index contributed by atoms with van der Waals surface area (Å²) in [5, 5.41) is 2.87. The molecule has 0 aliphatic heterocycles. The van der Waals surface area contributed by atoms with E-state index in [1.54, 1.807) is 41.3 Å². The van der Waals surface area contributed by atoms with Crippen molar-refractivity contribution in [1.29, 1.82) is 0 Å². The van der Waals surface area contributed by atoms with E-state index >= 15 is 0 Å². The van der Waals surface area contributed by atoms with Crippen LogP contribution >= 0.6 is 0 Å². The number of hydrogen-bond donors (Lipinski definition) is 1. The third-order valence-electron chi connectivity index (χ3n) is 4.74. The third kappa shape index (κ3) is 4.48. The summed E-state index contributed by atoms with van der Waals surface area (Å²) in [5.74, 6) is 0.692. The van der Waals surface area contributed by atoms with Crippen LogP contribution in [0.1, 0.15) is 41.5 Å². The van der Waals surface area contributed by atoms with E-state index in [0.717, 1.165) is 5.56 Å². The van der Waals surface area contributed by atoms with Crippen LogP contribution in [0, 0.1) is 6.92 Å². The van der Waals surface area contributed by atoms with Crippen molar-refractivity contribution in [3.05, 3.63) is 88.1 Å². The first kappa shape index (κ1) is 20.3. The molecule has 0 spiro atoms. The highest BCUT2D eigenvalue weighted by Gasteiger charge is 2.11. The van der Waals surface area contributed by atoms with E-state index in [1.165, 1.54) is 10.6 Å². The fraction of sp³-hybridized carbons (Fsp3) is 0.217. The molecule has 1 N–H and O–H groups in total. The predicted molar refractivity (Wildman–Crippen MR) is 118 cm³/mol. The van der Waals surface area contributed by atoms with E-state index in [0.29, 0.717) is 28.5 Å². The SMILES string of the molecule is Cc1cccc(C(=O)Nc2cccc(OCc3cc(=O)n4c(ncn4C(C)C)n3)c2)c1. The Morgan fingerprint density at radius 1 is 1.13 bits per heavy atom. The summed E-state index contributed by atoms with van der Waals surface area (Å²) >= 11 is 0. The Bertz CT molecular complexity index is 1310. The molecule has 4 aromatic rings. The van der Waals surface area contributed by atoms with Crippen molar-refractivity contribution in [2.24, 2.45) is 0 Å². The van der Waals surface area contributed by atoms with Crippen LogP contribution in [0.5, 0.6) is 5.75 Å². The Morgan fingerprint density at radius 2 is 1.94 bits per heavy atom. The number of carbonyl (C=O) groups is 1. The number of benzene rings is 2. The Labute approximate surface area is 179 Å². The zero-order valence-electron chi connectivity index (χ0n) is 17.6. The number of ether oxygens (including phenoxy) is 1. The normalized spacial score (nSPS) is 11.1. The molecule has 8 nitrogen and oxygen atoms in total. The molecule has 4 rings (SSSR count). The average Bonchev–Trinajstić information content (AvgIpc) is 3.17. The zero-order valence-corrected chi connectivity index (χ0v) is 17.6. The van der Waals surface area contributed by atoms with Gasteiger partial charge in [-0.2, -0.15) is 9.50 Å². The van der Waals surface area contributed by atoms with Gasteiger partial charge in [0.05, 0.1) is 5.69 Å². The minimum Gasteiger partial charge on any atom is -0.487 e. The number of anilines is 1. The molecule has 0 unspecified atom stereocenters. The summed E-state index contributed by atoms with van der Waals surface area (Å²) < 4.78 is 8.97. The highest BCUT2D eigenvalue weighted by atomic mass is 16.5. The average molecular weight is 417 g/mol. The maximum Gasteiger partial charge on any atom is 0.274 e. The largest absolute Gasteiger partial charge is 0.487 e. The molecule has 2 aromatic heterocycles. The van der Waals surface area contributed by atoms with Gasteiger partial charge in [-0.05, 0) is 45.0 Å². The van der Waals surface area contributed by atoms with E-state index in [4.69, 9.17) is 4.74 Å². The third-order valence-corrected chi connectivity index (χ3v) is 4.74. The minimum absolute atomic E-state index is 0.0874.